The summed E-state index contributed by atoms with van der Waals surface area (Å²) in [5.74, 6) is 0.623. The molecular formula is C12H25N3O2. The molecule has 1 aliphatic rings. The number of hydrogen-bond acceptors (Lipinski definition) is 4. The Hall–Kier alpha value is -0.650. The lowest BCUT2D eigenvalue weighted by atomic mass is 10.1. The summed E-state index contributed by atoms with van der Waals surface area (Å²) in [6.45, 7) is 7.76. The maximum Gasteiger partial charge on any atom is 0.248 e. The lowest BCUT2D eigenvalue weighted by Gasteiger charge is -2.23. The number of ether oxygens (including phenoxy) is 1. The van der Waals surface area contributed by atoms with E-state index in [-0.39, 0.29) is 12.5 Å². The lowest BCUT2D eigenvalue weighted by Crippen LogP contribution is -2.38. The summed E-state index contributed by atoms with van der Waals surface area (Å²) in [6, 6.07) is 0. The first kappa shape index (κ1) is 14.4. The molecule has 1 atom stereocenters. The molecule has 1 unspecified atom stereocenters. The van der Waals surface area contributed by atoms with E-state index >= 15 is 0 Å². The standard InChI is InChI=1S/C12H25N3O2/c1-11(8-13)9-14-4-3-5-15(7-6-14)12(16)10-17-2/h11H,3-10,13H2,1-2H3. The van der Waals surface area contributed by atoms with Gasteiger partial charge in [0.2, 0.25) is 5.91 Å². The second kappa shape index (κ2) is 7.63. The van der Waals surface area contributed by atoms with Crippen molar-refractivity contribution in [1.82, 2.24) is 9.80 Å². The molecule has 0 radical (unpaired) electrons. The Bertz CT molecular complexity index is 236. The Labute approximate surface area is 104 Å². The van der Waals surface area contributed by atoms with Crippen LogP contribution in [0.1, 0.15) is 13.3 Å². The Kier molecular flexibility index (Phi) is 6.47. The quantitative estimate of drug-likeness (QED) is 0.724. The lowest BCUT2D eigenvalue weighted by molar-refractivity contribution is -0.135. The van der Waals surface area contributed by atoms with E-state index in [1.54, 1.807) is 7.11 Å². The monoisotopic (exact) mass is 243 g/mol. The number of nitrogens with two attached hydrogens (primary N) is 1. The van der Waals surface area contributed by atoms with E-state index in [0.717, 1.165) is 45.7 Å². The second-order valence-electron chi connectivity index (χ2n) is 4.81. The number of amides is 1. The fourth-order valence-electron chi connectivity index (χ4n) is 2.13. The summed E-state index contributed by atoms with van der Waals surface area (Å²) in [7, 11) is 1.56. The summed E-state index contributed by atoms with van der Waals surface area (Å²) in [5.41, 5.74) is 5.64. The van der Waals surface area contributed by atoms with Gasteiger partial charge in [-0.15, -0.1) is 0 Å². The summed E-state index contributed by atoms with van der Waals surface area (Å²) < 4.78 is 4.89. The van der Waals surface area contributed by atoms with Crippen LogP contribution in [0.5, 0.6) is 0 Å². The highest BCUT2D eigenvalue weighted by Crippen LogP contribution is 2.06. The smallest absolute Gasteiger partial charge is 0.248 e. The van der Waals surface area contributed by atoms with Crippen molar-refractivity contribution in [1.29, 1.82) is 0 Å². The van der Waals surface area contributed by atoms with Gasteiger partial charge in [0.25, 0.3) is 0 Å². The maximum atomic E-state index is 11.7. The third-order valence-electron chi connectivity index (χ3n) is 3.18. The van der Waals surface area contributed by atoms with Crippen molar-refractivity contribution >= 4 is 5.91 Å². The Morgan fingerprint density at radius 2 is 2.12 bits per heavy atom. The molecule has 0 spiro atoms. The summed E-state index contributed by atoms with van der Waals surface area (Å²) in [4.78, 5) is 16.0. The molecule has 0 aromatic heterocycles. The van der Waals surface area contributed by atoms with Gasteiger partial charge in [-0.05, 0) is 25.4 Å². The minimum Gasteiger partial charge on any atom is -0.375 e. The van der Waals surface area contributed by atoms with Crippen LogP contribution in [0, 0.1) is 5.92 Å². The van der Waals surface area contributed by atoms with Gasteiger partial charge in [0.15, 0.2) is 0 Å². The molecule has 0 aromatic carbocycles. The summed E-state index contributed by atoms with van der Waals surface area (Å²) in [5, 5.41) is 0. The number of rotatable bonds is 5. The van der Waals surface area contributed by atoms with Gasteiger partial charge in [0, 0.05) is 33.3 Å². The topological polar surface area (TPSA) is 58.8 Å². The third-order valence-corrected chi connectivity index (χ3v) is 3.18. The Balaban J connectivity index is 2.36. The first-order chi connectivity index (χ1) is 8.17. The van der Waals surface area contributed by atoms with Gasteiger partial charge in [-0.2, -0.15) is 0 Å². The van der Waals surface area contributed by atoms with Gasteiger partial charge < -0.3 is 20.3 Å². The van der Waals surface area contributed by atoms with Crippen LogP contribution in [-0.2, 0) is 9.53 Å². The zero-order chi connectivity index (χ0) is 12.7. The largest absolute Gasteiger partial charge is 0.375 e. The molecule has 1 amide bonds. The summed E-state index contributed by atoms with van der Waals surface area (Å²) >= 11 is 0. The van der Waals surface area contributed by atoms with Crippen LogP contribution in [0.2, 0.25) is 0 Å². The minimum atomic E-state index is 0.0984. The average molecular weight is 243 g/mol. The molecule has 0 saturated carbocycles. The maximum absolute atomic E-state index is 11.7. The molecule has 100 valence electrons. The van der Waals surface area contributed by atoms with Crippen LogP contribution in [0.25, 0.3) is 0 Å². The zero-order valence-electron chi connectivity index (χ0n) is 11.0. The molecule has 5 heteroatoms. The highest BCUT2D eigenvalue weighted by Gasteiger charge is 2.19. The van der Waals surface area contributed by atoms with Crippen LogP contribution < -0.4 is 5.73 Å². The highest BCUT2D eigenvalue weighted by atomic mass is 16.5. The predicted octanol–water partition coefficient (Wildman–Crippen LogP) is -0.238. The fourth-order valence-corrected chi connectivity index (χ4v) is 2.13. The van der Waals surface area contributed by atoms with Gasteiger partial charge in [-0.1, -0.05) is 6.92 Å². The first-order valence-electron chi connectivity index (χ1n) is 6.36. The van der Waals surface area contributed by atoms with Gasteiger partial charge in [-0.25, -0.2) is 0 Å². The number of carbonyl (C=O) groups is 1. The zero-order valence-corrected chi connectivity index (χ0v) is 11.0. The van der Waals surface area contributed by atoms with Gasteiger partial charge in [0.05, 0.1) is 0 Å². The molecule has 0 aliphatic carbocycles. The van der Waals surface area contributed by atoms with Crippen molar-refractivity contribution in [3.8, 4) is 0 Å². The van der Waals surface area contributed by atoms with E-state index in [0.29, 0.717) is 5.92 Å². The van der Waals surface area contributed by atoms with Gasteiger partial charge in [-0.3, -0.25) is 4.79 Å². The molecule has 1 fully saturated rings. The molecule has 5 nitrogen and oxygen atoms in total. The van der Waals surface area contributed by atoms with E-state index in [9.17, 15) is 4.79 Å². The number of nitrogens with zero attached hydrogens (tertiary/aromatic N) is 2. The van der Waals surface area contributed by atoms with Gasteiger partial charge in [0.1, 0.15) is 6.61 Å². The molecule has 17 heavy (non-hydrogen) atoms. The van der Waals surface area contributed by atoms with E-state index in [2.05, 4.69) is 11.8 Å². The molecule has 0 aromatic rings. The molecule has 2 N–H and O–H groups in total. The second-order valence-corrected chi connectivity index (χ2v) is 4.81. The number of methoxy groups -OCH3 is 1. The average Bonchev–Trinajstić information content (AvgIpc) is 2.55. The van der Waals surface area contributed by atoms with Crippen molar-refractivity contribution in [3.63, 3.8) is 0 Å². The molecule has 0 bridgehead atoms. The first-order valence-corrected chi connectivity index (χ1v) is 6.36. The molecular weight excluding hydrogens is 218 g/mol. The van der Waals surface area contributed by atoms with E-state index in [1.807, 2.05) is 4.90 Å². The van der Waals surface area contributed by atoms with E-state index in [4.69, 9.17) is 10.5 Å². The third kappa shape index (κ3) is 5.02. The molecule has 1 aliphatic heterocycles. The van der Waals surface area contributed by atoms with Crippen molar-refractivity contribution in [2.24, 2.45) is 11.7 Å². The van der Waals surface area contributed by atoms with Crippen molar-refractivity contribution in [3.05, 3.63) is 0 Å². The number of hydrogen-bond donors (Lipinski definition) is 1. The minimum absolute atomic E-state index is 0.0984. The van der Waals surface area contributed by atoms with Crippen molar-refractivity contribution in [2.45, 2.75) is 13.3 Å². The van der Waals surface area contributed by atoms with Crippen molar-refractivity contribution in [2.75, 3.05) is 53.0 Å². The van der Waals surface area contributed by atoms with Crippen LogP contribution in [0.3, 0.4) is 0 Å². The van der Waals surface area contributed by atoms with Crippen LogP contribution in [-0.4, -0.2) is 68.7 Å². The van der Waals surface area contributed by atoms with Crippen LogP contribution in [0.15, 0.2) is 0 Å². The highest BCUT2D eigenvalue weighted by molar-refractivity contribution is 5.77. The Morgan fingerprint density at radius 1 is 1.35 bits per heavy atom. The number of carbonyl (C=O) groups excluding carboxylic acids is 1. The van der Waals surface area contributed by atoms with Gasteiger partial charge >= 0.3 is 0 Å². The van der Waals surface area contributed by atoms with E-state index < -0.39 is 0 Å². The normalized spacial score (nSPS) is 20.1. The fraction of sp³-hybridized carbons (Fsp3) is 0.917. The Morgan fingerprint density at radius 3 is 2.76 bits per heavy atom. The predicted molar refractivity (Wildman–Crippen MR) is 67.7 cm³/mol. The van der Waals surface area contributed by atoms with Crippen LogP contribution in [0.4, 0.5) is 0 Å². The molecule has 1 heterocycles. The van der Waals surface area contributed by atoms with Crippen LogP contribution >= 0.6 is 0 Å². The molecule has 1 rings (SSSR count). The van der Waals surface area contributed by atoms with E-state index in [1.165, 1.54) is 0 Å². The molecule has 1 saturated heterocycles. The van der Waals surface area contributed by atoms with Crippen molar-refractivity contribution < 1.29 is 9.53 Å². The SMILES string of the molecule is COCC(=O)N1CCCN(CC(C)CN)CC1. The summed E-state index contributed by atoms with van der Waals surface area (Å²) in [6.07, 6.45) is 1.03.